The molecular weight excluding hydrogens is 1390 g/mol. The maximum absolute atomic E-state index is 13.2. The Balaban J connectivity index is 5.22. The van der Waals surface area contributed by atoms with Crippen LogP contribution < -0.4 is 0 Å². The molecule has 0 aromatic carbocycles. The van der Waals surface area contributed by atoms with E-state index in [1.54, 1.807) is 0 Å². The highest BCUT2D eigenvalue weighted by Gasteiger charge is 2.31. The van der Waals surface area contributed by atoms with Crippen LogP contribution in [0.5, 0.6) is 0 Å². The lowest BCUT2D eigenvalue weighted by atomic mass is 9.99. The van der Waals surface area contributed by atoms with Crippen molar-refractivity contribution in [2.24, 2.45) is 17.8 Å². The molecule has 0 heterocycles. The van der Waals surface area contributed by atoms with Gasteiger partial charge in [0.25, 0.3) is 0 Å². The van der Waals surface area contributed by atoms with Crippen molar-refractivity contribution in [3.63, 3.8) is 0 Å². The van der Waals surface area contributed by atoms with Crippen molar-refractivity contribution >= 4 is 39.5 Å². The highest BCUT2D eigenvalue weighted by Crippen LogP contribution is 2.45. The van der Waals surface area contributed by atoms with Crippen molar-refractivity contribution in [1.29, 1.82) is 0 Å². The van der Waals surface area contributed by atoms with Crippen molar-refractivity contribution in [2.75, 3.05) is 39.6 Å². The third-order valence-corrected chi connectivity index (χ3v) is 23.3. The number of aliphatic hydroxyl groups excluding tert-OH is 1. The number of esters is 4. The van der Waals surface area contributed by atoms with Crippen LogP contribution in [0.1, 0.15) is 466 Å². The molecule has 4 unspecified atom stereocenters. The number of ether oxygens (including phenoxy) is 4. The molecule has 3 N–H and O–H groups in total. The van der Waals surface area contributed by atoms with Gasteiger partial charge in [-0.2, -0.15) is 0 Å². The molecule has 0 fully saturated rings. The van der Waals surface area contributed by atoms with Crippen LogP contribution in [0.3, 0.4) is 0 Å². The smallest absolute Gasteiger partial charge is 0.462 e. The molecular formula is C88H172O17P2. The molecule has 0 bridgehead atoms. The topological polar surface area (TPSA) is 237 Å². The number of carbonyl (C=O) groups excluding carboxylic acids is 4. The molecule has 0 aromatic heterocycles. The van der Waals surface area contributed by atoms with E-state index < -0.39 is 97.5 Å². The van der Waals surface area contributed by atoms with E-state index in [4.69, 9.17) is 37.0 Å². The van der Waals surface area contributed by atoms with Crippen molar-refractivity contribution in [1.82, 2.24) is 0 Å². The second kappa shape index (κ2) is 78.0. The molecule has 0 aromatic rings. The first-order valence-electron chi connectivity index (χ1n) is 45.4. The number of hydrogen-bond donors (Lipinski definition) is 3. The molecule has 7 atom stereocenters. The Labute approximate surface area is 658 Å². The summed E-state index contributed by atoms with van der Waals surface area (Å²) in [5.74, 6) is 0.264. The number of aliphatic hydroxyl groups is 1. The molecule has 0 radical (unpaired) electrons. The summed E-state index contributed by atoms with van der Waals surface area (Å²) in [4.78, 5) is 73.3. The molecule has 19 heteroatoms. The van der Waals surface area contributed by atoms with Gasteiger partial charge in [-0.3, -0.25) is 37.3 Å². The summed E-state index contributed by atoms with van der Waals surface area (Å²) in [6.45, 7) is 12.0. The third kappa shape index (κ3) is 79.1. The van der Waals surface area contributed by atoms with Crippen LogP contribution in [-0.2, 0) is 65.4 Å². The van der Waals surface area contributed by atoms with Crippen molar-refractivity contribution in [2.45, 2.75) is 484 Å². The minimum atomic E-state index is -4.97. The zero-order chi connectivity index (χ0) is 78.6. The molecule has 0 aliphatic carbocycles. The van der Waals surface area contributed by atoms with E-state index in [1.807, 2.05) is 0 Å². The lowest BCUT2D eigenvalue weighted by Crippen LogP contribution is -2.30. The van der Waals surface area contributed by atoms with Crippen LogP contribution in [0.2, 0.25) is 0 Å². The summed E-state index contributed by atoms with van der Waals surface area (Å²) >= 11 is 0. The van der Waals surface area contributed by atoms with E-state index in [1.165, 1.54) is 276 Å². The van der Waals surface area contributed by atoms with Crippen molar-refractivity contribution in [3.8, 4) is 0 Å². The van der Waals surface area contributed by atoms with Gasteiger partial charge in [-0.25, -0.2) is 9.13 Å². The number of phosphoric acid groups is 2. The second-order valence-electron chi connectivity index (χ2n) is 32.6. The van der Waals surface area contributed by atoms with E-state index in [9.17, 15) is 43.2 Å². The van der Waals surface area contributed by atoms with Crippen LogP contribution in [0.4, 0.5) is 0 Å². The largest absolute Gasteiger partial charge is 0.472 e. The van der Waals surface area contributed by atoms with Gasteiger partial charge in [0.2, 0.25) is 0 Å². The molecule has 636 valence electrons. The summed E-state index contributed by atoms with van der Waals surface area (Å²) in [5, 5.41) is 10.7. The van der Waals surface area contributed by atoms with Gasteiger partial charge < -0.3 is 33.8 Å². The SMILES string of the molecule is CCCCCCCCCCCCCCCCCCCCCCCCC(=O)O[C@H](COC(=O)CCCCCCCCCCCCCCCCCCCCC(C)C)COP(=O)(O)OC[C@@H](O)COP(=O)(O)OC[C@@H](COC(=O)CCCCCCCCCCC(C)CC)OC(=O)CCCCCCCCCCC(C)CC. The highest BCUT2D eigenvalue weighted by atomic mass is 31.2. The molecule has 0 amide bonds. The van der Waals surface area contributed by atoms with Gasteiger partial charge in [0.1, 0.15) is 19.3 Å². The Bertz CT molecular complexity index is 2060. The fourth-order valence-corrected chi connectivity index (χ4v) is 15.2. The van der Waals surface area contributed by atoms with E-state index in [2.05, 4.69) is 48.5 Å². The van der Waals surface area contributed by atoms with E-state index in [0.717, 1.165) is 108 Å². The Kier molecular flexibility index (Phi) is 76.6. The highest BCUT2D eigenvalue weighted by molar-refractivity contribution is 7.47. The molecule has 0 aliphatic rings. The predicted octanol–water partition coefficient (Wildman–Crippen LogP) is 26.9. The fourth-order valence-electron chi connectivity index (χ4n) is 13.7. The van der Waals surface area contributed by atoms with Crippen molar-refractivity contribution < 1.29 is 80.2 Å². The van der Waals surface area contributed by atoms with E-state index in [0.29, 0.717) is 25.7 Å². The first-order chi connectivity index (χ1) is 51.8. The number of hydrogen-bond acceptors (Lipinski definition) is 15. The van der Waals surface area contributed by atoms with Crippen LogP contribution in [-0.4, -0.2) is 96.7 Å². The average Bonchev–Trinajstić information content (AvgIpc) is 0.902. The molecule has 0 saturated carbocycles. The van der Waals surface area contributed by atoms with E-state index in [-0.39, 0.29) is 25.7 Å². The molecule has 0 saturated heterocycles. The predicted molar refractivity (Wildman–Crippen MR) is 441 cm³/mol. The summed E-state index contributed by atoms with van der Waals surface area (Å²) < 4.78 is 68.9. The Morgan fingerprint density at radius 2 is 0.477 bits per heavy atom. The molecule has 0 rings (SSSR count). The van der Waals surface area contributed by atoms with Crippen LogP contribution in [0.15, 0.2) is 0 Å². The van der Waals surface area contributed by atoms with Crippen molar-refractivity contribution in [3.05, 3.63) is 0 Å². The first-order valence-corrected chi connectivity index (χ1v) is 48.4. The molecule has 17 nitrogen and oxygen atoms in total. The monoisotopic (exact) mass is 1560 g/mol. The van der Waals surface area contributed by atoms with E-state index >= 15 is 0 Å². The van der Waals surface area contributed by atoms with Crippen LogP contribution >= 0.6 is 15.6 Å². The van der Waals surface area contributed by atoms with Gasteiger partial charge in [-0.1, -0.05) is 414 Å². The number of rotatable bonds is 86. The van der Waals surface area contributed by atoms with Gasteiger partial charge in [-0.15, -0.1) is 0 Å². The van der Waals surface area contributed by atoms with Crippen LogP contribution in [0.25, 0.3) is 0 Å². The average molecular weight is 1560 g/mol. The summed E-state index contributed by atoms with van der Waals surface area (Å²) in [6, 6.07) is 0. The molecule has 107 heavy (non-hydrogen) atoms. The number of carbonyl (C=O) groups is 4. The normalized spacial score (nSPS) is 14.3. The third-order valence-electron chi connectivity index (χ3n) is 21.4. The Morgan fingerprint density at radius 1 is 0.271 bits per heavy atom. The fraction of sp³-hybridized carbons (Fsp3) is 0.955. The zero-order valence-electron chi connectivity index (χ0n) is 70.6. The summed E-state index contributed by atoms with van der Waals surface area (Å²) in [6.07, 6.45) is 69.6. The summed E-state index contributed by atoms with van der Waals surface area (Å²) in [7, 11) is -9.93. The quantitative estimate of drug-likeness (QED) is 0.0222. The van der Waals surface area contributed by atoms with Gasteiger partial charge in [0, 0.05) is 25.7 Å². The zero-order valence-corrected chi connectivity index (χ0v) is 72.4. The van der Waals surface area contributed by atoms with Gasteiger partial charge in [0.15, 0.2) is 12.2 Å². The van der Waals surface area contributed by atoms with Gasteiger partial charge in [0.05, 0.1) is 26.4 Å². The molecule has 0 aliphatic heterocycles. The maximum Gasteiger partial charge on any atom is 0.472 e. The Morgan fingerprint density at radius 3 is 0.710 bits per heavy atom. The lowest BCUT2D eigenvalue weighted by molar-refractivity contribution is -0.161. The standard InChI is InChI=1S/C88H172O17P2/c1-8-11-12-13-14-15-16-17-18-19-20-21-22-23-28-31-34-37-40-50-57-64-71-87(92)104-83(75-98-85(90)69-62-55-48-39-36-33-30-27-25-24-26-29-32-35-38-45-52-59-66-79(4)5)77-102-106(94,95)100-73-82(89)74-101-107(96,97)103-78-84(105-88(93)72-65-58-51-44-42-47-54-61-68-81(7)10-3)76-99-86(91)70-63-56-49-43-41-46-53-60-67-80(6)9-2/h79-84,89H,8-78H2,1-7H3,(H,94,95)(H,96,97)/t80?,81?,82-,83-,84-/m1/s1. The maximum atomic E-state index is 13.2. The first kappa shape index (κ1) is 105. The minimum absolute atomic E-state index is 0.105. The minimum Gasteiger partial charge on any atom is -0.462 e. The summed E-state index contributed by atoms with van der Waals surface area (Å²) in [5.41, 5.74) is 0. The van der Waals surface area contributed by atoms with Gasteiger partial charge >= 0.3 is 39.5 Å². The molecule has 0 spiro atoms. The Hall–Kier alpha value is -1.94. The van der Waals surface area contributed by atoms with Crippen LogP contribution in [0, 0.1) is 17.8 Å². The second-order valence-corrected chi connectivity index (χ2v) is 35.5. The number of phosphoric ester groups is 2. The van der Waals surface area contributed by atoms with Gasteiger partial charge in [-0.05, 0) is 43.4 Å². The number of unbranched alkanes of at least 4 members (excludes halogenated alkanes) is 52. The lowest BCUT2D eigenvalue weighted by Gasteiger charge is -2.21.